The van der Waals surface area contributed by atoms with Crippen LogP contribution in [0.4, 0.5) is 10.5 Å². The molecule has 0 spiro atoms. The smallest absolute Gasteiger partial charge is 0.338 e. The number of piperazine rings is 1. The maximum atomic E-state index is 12.5. The van der Waals surface area contributed by atoms with E-state index in [1.807, 2.05) is 25.1 Å². The lowest BCUT2D eigenvalue weighted by molar-refractivity contribution is -0.896. The van der Waals surface area contributed by atoms with Gasteiger partial charge in [-0.2, -0.15) is 0 Å². The maximum absolute atomic E-state index is 12.5. The number of amides is 2. The summed E-state index contributed by atoms with van der Waals surface area (Å²) in [5.74, 6) is 0.501. The molecule has 0 bridgehead atoms. The van der Waals surface area contributed by atoms with Crippen LogP contribution in [-0.4, -0.2) is 64.5 Å². The molecule has 8 nitrogen and oxygen atoms in total. The molecule has 8 heteroatoms. The van der Waals surface area contributed by atoms with Crippen molar-refractivity contribution in [1.82, 2.24) is 10.6 Å². The van der Waals surface area contributed by atoms with Crippen molar-refractivity contribution in [2.45, 2.75) is 26.3 Å². The van der Waals surface area contributed by atoms with E-state index in [0.29, 0.717) is 30.8 Å². The number of nitrogens with one attached hydrogen (secondary N) is 3. The zero-order valence-electron chi connectivity index (χ0n) is 17.4. The second-order valence-corrected chi connectivity index (χ2v) is 7.29. The van der Waals surface area contributed by atoms with Crippen LogP contribution < -0.4 is 25.2 Å². The van der Waals surface area contributed by atoms with E-state index < -0.39 is 0 Å². The molecular formula is C21H31N4O4+. The van der Waals surface area contributed by atoms with Gasteiger partial charge in [-0.15, -0.1) is 0 Å². The Morgan fingerprint density at radius 2 is 2.03 bits per heavy atom. The Hall–Kier alpha value is -2.74. The third-order valence-electron chi connectivity index (χ3n) is 5.46. The molecule has 1 aromatic rings. The second-order valence-electron chi connectivity index (χ2n) is 7.29. The molecule has 158 valence electrons. The van der Waals surface area contributed by atoms with Gasteiger partial charge in [-0.3, -0.25) is 0 Å². The number of methoxy groups -OCH3 is 1. The average molecular weight is 404 g/mol. The topological polar surface area (TPSA) is 84.3 Å². The van der Waals surface area contributed by atoms with Crippen molar-refractivity contribution in [3.8, 4) is 5.75 Å². The minimum atomic E-state index is -0.351. The quantitative estimate of drug-likeness (QED) is 0.571. The lowest BCUT2D eigenvalue weighted by atomic mass is 10.00. The first kappa shape index (κ1) is 21.0. The molecule has 3 rings (SSSR count). The SMILES string of the molecule is CCOC(=O)C1=C(C[NH+]2CCN(c3cccc(OC)c3)CC2)NC(=O)N[C@@H]1CC. The number of hydrogen-bond donors (Lipinski definition) is 3. The molecule has 2 amide bonds. The number of hydrogen-bond acceptors (Lipinski definition) is 5. The highest BCUT2D eigenvalue weighted by molar-refractivity contribution is 5.94. The fourth-order valence-electron chi connectivity index (χ4n) is 3.92. The summed E-state index contributed by atoms with van der Waals surface area (Å²) in [4.78, 5) is 28.3. The predicted molar refractivity (Wildman–Crippen MR) is 110 cm³/mol. The van der Waals surface area contributed by atoms with Gasteiger partial charge in [0.2, 0.25) is 0 Å². The van der Waals surface area contributed by atoms with Crippen molar-refractivity contribution < 1.29 is 24.0 Å². The van der Waals surface area contributed by atoms with Gasteiger partial charge in [0.25, 0.3) is 0 Å². The maximum Gasteiger partial charge on any atom is 0.338 e. The molecule has 1 aromatic carbocycles. The third-order valence-corrected chi connectivity index (χ3v) is 5.46. The minimum absolute atomic E-state index is 0.255. The van der Waals surface area contributed by atoms with Gasteiger partial charge in [-0.05, 0) is 25.5 Å². The lowest BCUT2D eigenvalue weighted by Crippen LogP contribution is -3.15. The van der Waals surface area contributed by atoms with Crippen LogP contribution in [-0.2, 0) is 9.53 Å². The van der Waals surface area contributed by atoms with E-state index >= 15 is 0 Å². The van der Waals surface area contributed by atoms with Crippen LogP contribution in [0, 0.1) is 0 Å². The van der Waals surface area contributed by atoms with Crippen LogP contribution in [0.3, 0.4) is 0 Å². The molecule has 0 aliphatic carbocycles. The lowest BCUT2D eigenvalue weighted by Gasteiger charge is -2.35. The number of carbonyl (C=O) groups excluding carboxylic acids is 2. The monoisotopic (exact) mass is 403 g/mol. The number of carbonyl (C=O) groups is 2. The normalized spacial score (nSPS) is 20.2. The van der Waals surface area contributed by atoms with Crippen LogP contribution in [0.15, 0.2) is 35.5 Å². The van der Waals surface area contributed by atoms with Crippen LogP contribution in [0.2, 0.25) is 0 Å². The molecule has 0 unspecified atom stereocenters. The number of nitrogens with zero attached hydrogens (tertiary/aromatic N) is 1. The van der Waals surface area contributed by atoms with Gasteiger partial charge in [0, 0.05) is 11.8 Å². The van der Waals surface area contributed by atoms with Crippen molar-refractivity contribution in [3.63, 3.8) is 0 Å². The molecule has 29 heavy (non-hydrogen) atoms. The standard InChI is InChI=1S/C21H30N4O4/c1-4-17-19(20(26)29-5-2)18(23-21(27)22-17)14-24-9-11-25(12-10-24)15-7-6-8-16(13-15)28-3/h6-8,13,17H,4-5,9-12,14H2,1-3H3,(H2,22,23,27)/p+1/t17-/m1/s1. The number of anilines is 1. The van der Waals surface area contributed by atoms with E-state index in [4.69, 9.17) is 9.47 Å². The van der Waals surface area contributed by atoms with Crippen LogP contribution in [0.25, 0.3) is 0 Å². The summed E-state index contributed by atoms with van der Waals surface area (Å²) in [6.07, 6.45) is 0.643. The van der Waals surface area contributed by atoms with Crippen molar-refractivity contribution in [3.05, 3.63) is 35.5 Å². The van der Waals surface area contributed by atoms with Crippen molar-refractivity contribution in [2.24, 2.45) is 0 Å². The minimum Gasteiger partial charge on any atom is -0.497 e. The third kappa shape index (κ3) is 5.00. The van der Waals surface area contributed by atoms with Gasteiger partial charge in [0.15, 0.2) is 0 Å². The van der Waals surface area contributed by atoms with Gasteiger partial charge in [0.05, 0.1) is 57.2 Å². The molecule has 3 N–H and O–H groups in total. The Bertz CT molecular complexity index is 772. The Morgan fingerprint density at radius 1 is 1.28 bits per heavy atom. The average Bonchev–Trinajstić information content (AvgIpc) is 2.74. The van der Waals surface area contributed by atoms with Crippen molar-refractivity contribution in [1.29, 1.82) is 0 Å². The van der Waals surface area contributed by atoms with E-state index in [9.17, 15) is 9.59 Å². The number of urea groups is 1. The largest absolute Gasteiger partial charge is 0.497 e. The Morgan fingerprint density at radius 3 is 2.69 bits per heavy atom. The number of rotatable bonds is 7. The zero-order chi connectivity index (χ0) is 20.8. The highest BCUT2D eigenvalue weighted by atomic mass is 16.5. The van der Waals surface area contributed by atoms with Crippen LogP contribution in [0.5, 0.6) is 5.75 Å². The van der Waals surface area contributed by atoms with Crippen LogP contribution >= 0.6 is 0 Å². The molecule has 1 atom stereocenters. The molecule has 2 aliphatic heterocycles. The van der Waals surface area contributed by atoms with Gasteiger partial charge in [-0.25, -0.2) is 9.59 Å². The molecule has 2 aliphatic rings. The molecule has 0 saturated carbocycles. The molecule has 1 saturated heterocycles. The predicted octanol–water partition coefficient (Wildman–Crippen LogP) is 0.309. The number of ether oxygens (including phenoxy) is 2. The van der Waals surface area contributed by atoms with Gasteiger partial charge < -0.3 is 29.9 Å². The zero-order valence-corrected chi connectivity index (χ0v) is 17.4. The number of quaternary nitrogens is 1. The van der Waals surface area contributed by atoms with Gasteiger partial charge in [-0.1, -0.05) is 13.0 Å². The Balaban J connectivity index is 1.69. The first-order chi connectivity index (χ1) is 14.0. The molecular weight excluding hydrogens is 372 g/mol. The second kappa shape index (κ2) is 9.65. The number of esters is 1. The van der Waals surface area contributed by atoms with E-state index in [1.165, 1.54) is 4.90 Å². The van der Waals surface area contributed by atoms with Crippen molar-refractivity contribution in [2.75, 3.05) is 51.3 Å². The summed E-state index contributed by atoms with van der Waals surface area (Å²) < 4.78 is 10.6. The summed E-state index contributed by atoms with van der Waals surface area (Å²) in [7, 11) is 1.67. The van der Waals surface area contributed by atoms with E-state index in [-0.39, 0.29) is 18.0 Å². The number of benzene rings is 1. The summed E-state index contributed by atoms with van der Waals surface area (Å²) in [6, 6.07) is 7.51. The van der Waals surface area contributed by atoms with Crippen LogP contribution in [0.1, 0.15) is 20.3 Å². The Labute approximate surface area is 171 Å². The van der Waals surface area contributed by atoms with Gasteiger partial charge >= 0.3 is 12.0 Å². The van der Waals surface area contributed by atoms with Crippen molar-refractivity contribution >= 4 is 17.7 Å². The highest BCUT2D eigenvalue weighted by Gasteiger charge is 2.34. The van der Waals surface area contributed by atoms with E-state index in [0.717, 1.165) is 37.6 Å². The summed E-state index contributed by atoms with van der Waals surface area (Å²) in [5, 5.41) is 5.68. The first-order valence-corrected chi connectivity index (χ1v) is 10.3. The van der Waals surface area contributed by atoms with E-state index in [2.05, 4.69) is 21.6 Å². The fraction of sp³-hybridized carbons (Fsp3) is 0.524. The van der Waals surface area contributed by atoms with Gasteiger partial charge in [0.1, 0.15) is 12.3 Å². The highest BCUT2D eigenvalue weighted by Crippen LogP contribution is 2.21. The summed E-state index contributed by atoms with van der Waals surface area (Å²) in [5.41, 5.74) is 2.39. The summed E-state index contributed by atoms with van der Waals surface area (Å²) in [6.45, 7) is 8.27. The fourth-order valence-corrected chi connectivity index (χ4v) is 3.92. The molecule has 2 heterocycles. The molecule has 0 aromatic heterocycles. The Kier molecular flexibility index (Phi) is 6.98. The first-order valence-electron chi connectivity index (χ1n) is 10.3. The molecule has 0 radical (unpaired) electrons. The van der Waals surface area contributed by atoms with E-state index in [1.54, 1.807) is 14.0 Å². The summed E-state index contributed by atoms with van der Waals surface area (Å²) >= 11 is 0. The molecule has 1 fully saturated rings.